The lowest BCUT2D eigenvalue weighted by Gasteiger charge is -2.35. The molecule has 2 saturated heterocycles. The molecule has 1 amide bonds. The number of carbonyl (C=O) groups excluding carboxylic acids is 1. The van der Waals surface area contributed by atoms with E-state index in [1.54, 1.807) is 0 Å². The Hall–Kier alpha value is -0.680. The van der Waals surface area contributed by atoms with Crippen molar-refractivity contribution in [3.05, 3.63) is 0 Å². The van der Waals surface area contributed by atoms with Gasteiger partial charge in [-0.3, -0.25) is 9.69 Å². The lowest BCUT2D eigenvalue weighted by molar-refractivity contribution is -0.136. The second kappa shape index (κ2) is 5.59. The van der Waals surface area contributed by atoms with Gasteiger partial charge in [-0.2, -0.15) is 0 Å². The summed E-state index contributed by atoms with van der Waals surface area (Å²) in [6, 6.07) is 0. The second-order valence-electron chi connectivity index (χ2n) is 4.55. The van der Waals surface area contributed by atoms with E-state index < -0.39 is 0 Å². The molecule has 92 valence electrons. The monoisotopic (exact) mass is 229 g/mol. The van der Waals surface area contributed by atoms with Crippen LogP contribution in [0.2, 0.25) is 0 Å². The van der Waals surface area contributed by atoms with E-state index in [2.05, 4.69) is 10.2 Å². The molecule has 4 nitrogen and oxygen atoms in total. The van der Waals surface area contributed by atoms with Gasteiger partial charge in [0.2, 0.25) is 5.91 Å². The molecule has 0 aromatic heterocycles. The Morgan fingerprint density at radius 2 is 2.06 bits per heavy atom. The van der Waals surface area contributed by atoms with Crippen LogP contribution in [0.5, 0.6) is 0 Å². The Morgan fingerprint density at radius 1 is 1.31 bits per heavy atom. The summed E-state index contributed by atoms with van der Waals surface area (Å²) in [6.07, 6.45) is 0.962. The smallest absolute Gasteiger partial charge is 0.227 e. The fraction of sp³-hybridized carbons (Fsp3) is 0.909. The Bertz CT molecular complexity index is 235. The van der Waals surface area contributed by atoms with E-state index in [0.717, 1.165) is 45.7 Å². The Morgan fingerprint density at radius 3 is 2.62 bits per heavy atom. The molecule has 0 unspecified atom stereocenters. The van der Waals surface area contributed by atoms with E-state index in [0.29, 0.717) is 6.54 Å². The number of hydrogen-bond acceptors (Lipinski definition) is 3. The average Bonchev–Trinajstić information content (AvgIpc) is 2.83. The number of hydrogen-bond donors (Lipinski definition) is 1. The summed E-state index contributed by atoms with van der Waals surface area (Å²) >= 11 is 0. The fourth-order valence-electron chi connectivity index (χ4n) is 2.44. The number of amides is 1. The summed E-state index contributed by atoms with van der Waals surface area (Å²) in [5.74, 6) is 0.456. The van der Waals surface area contributed by atoms with E-state index in [4.69, 9.17) is 0 Å². The molecule has 5 heteroatoms. The molecule has 2 fully saturated rings. The third-order valence-corrected chi connectivity index (χ3v) is 3.49. The van der Waals surface area contributed by atoms with Crippen molar-refractivity contribution in [1.29, 1.82) is 0 Å². The lowest BCUT2D eigenvalue weighted by atomic mass is 10.1. The molecule has 0 aliphatic carbocycles. The second-order valence-corrected chi connectivity index (χ2v) is 4.55. The van der Waals surface area contributed by atoms with Crippen molar-refractivity contribution < 1.29 is 9.18 Å². The molecule has 2 aliphatic heterocycles. The molecule has 0 spiro atoms. The number of nitrogens with one attached hydrogen (secondary N) is 1. The van der Waals surface area contributed by atoms with Crippen LogP contribution in [0, 0.1) is 5.92 Å². The van der Waals surface area contributed by atoms with Crippen LogP contribution in [-0.2, 0) is 4.79 Å². The summed E-state index contributed by atoms with van der Waals surface area (Å²) in [5, 5.41) is 3.21. The first-order valence-electron chi connectivity index (χ1n) is 6.09. The molecule has 0 aromatic rings. The Balaban J connectivity index is 1.77. The predicted octanol–water partition coefficient (Wildman–Crippen LogP) is -0.290. The summed E-state index contributed by atoms with van der Waals surface area (Å²) in [5.41, 5.74) is 0. The van der Waals surface area contributed by atoms with Crippen LogP contribution in [0.15, 0.2) is 0 Å². The van der Waals surface area contributed by atoms with Crippen LogP contribution in [0.25, 0.3) is 0 Å². The van der Waals surface area contributed by atoms with Gasteiger partial charge in [-0.05, 0) is 13.0 Å². The van der Waals surface area contributed by atoms with Crippen molar-refractivity contribution in [1.82, 2.24) is 15.1 Å². The lowest BCUT2D eigenvalue weighted by Crippen LogP contribution is -2.50. The quantitative estimate of drug-likeness (QED) is 0.722. The first-order chi connectivity index (χ1) is 7.81. The van der Waals surface area contributed by atoms with Gasteiger partial charge in [0.1, 0.15) is 6.67 Å². The van der Waals surface area contributed by atoms with E-state index in [-0.39, 0.29) is 18.5 Å². The minimum absolute atomic E-state index is 0.174. The molecular weight excluding hydrogens is 209 g/mol. The van der Waals surface area contributed by atoms with Gasteiger partial charge in [0.15, 0.2) is 0 Å². The van der Waals surface area contributed by atoms with E-state index in [1.165, 1.54) is 0 Å². The highest BCUT2D eigenvalue weighted by molar-refractivity contribution is 5.79. The van der Waals surface area contributed by atoms with Crippen molar-refractivity contribution in [3.8, 4) is 0 Å². The van der Waals surface area contributed by atoms with Gasteiger partial charge >= 0.3 is 0 Å². The number of nitrogens with zero attached hydrogens (tertiary/aromatic N) is 2. The zero-order valence-corrected chi connectivity index (χ0v) is 9.62. The van der Waals surface area contributed by atoms with Crippen molar-refractivity contribution in [2.75, 3.05) is 52.5 Å². The molecule has 1 atom stereocenters. The predicted molar refractivity (Wildman–Crippen MR) is 60.0 cm³/mol. The first-order valence-corrected chi connectivity index (χ1v) is 6.09. The van der Waals surface area contributed by atoms with Crippen LogP contribution in [0.3, 0.4) is 0 Å². The average molecular weight is 229 g/mol. The highest BCUT2D eigenvalue weighted by atomic mass is 19.1. The molecule has 2 heterocycles. The normalized spacial score (nSPS) is 27.3. The molecule has 0 aromatic carbocycles. The highest BCUT2D eigenvalue weighted by Crippen LogP contribution is 2.13. The number of carbonyl (C=O) groups is 1. The van der Waals surface area contributed by atoms with E-state index >= 15 is 0 Å². The van der Waals surface area contributed by atoms with Gasteiger partial charge in [-0.25, -0.2) is 4.39 Å². The van der Waals surface area contributed by atoms with Crippen molar-refractivity contribution in [2.45, 2.75) is 6.42 Å². The number of halogens is 1. The Labute approximate surface area is 95.8 Å². The van der Waals surface area contributed by atoms with Gasteiger partial charge in [0, 0.05) is 39.3 Å². The highest BCUT2D eigenvalue weighted by Gasteiger charge is 2.29. The maximum atomic E-state index is 12.1. The third kappa shape index (κ3) is 2.71. The number of alkyl halides is 1. The summed E-state index contributed by atoms with van der Waals surface area (Å²) in [6.45, 7) is 5.14. The molecule has 0 saturated carbocycles. The van der Waals surface area contributed by atoms with Crippen molar-refractivity contribution in [2.24, 2.45) is 5.92 Å². The SMILES string of the molecule is O=C([C@H]1CCNC1)N1CCN(CCF)CC1. The first kappa shape index (κ1) is 11.8. The standard InChI is InChI=1S/C11H20FN3O/c12-2-4-14-5-7-15(8-6-14)11(16)10-1-3-13-9-10/h10,13H,1-9H2/t10-/m0/s1. The molecule has 2 aliphatic rings. The van der Waals surface area contributed by atoms with Crippen LogP contribution in [0.1, 0.15) is 6.42 Å². The van der Waals surface area contributed by atoms with Gasteiger partial charge in [-0.15, -0.1) is 0 Å². The van der Waals surface area contributed by atoms with E-state index in [9.17, 15) is 9.18 Å². The van der Waals surface area contributed by atoms with Crippen LogP contribution in [-0.4, -0.2) is 68.2 Å². The van der Waals surface area contributed by atoms with Gasteiger partial charge in [-0.1, -0.05) is 0 Å². The molecule has 2 rings (SSSR count). The molecule has 0 bridgehead atoms. The maximum absolute atomic E-state index is 12.1. The largest absolute Gasteiger partial charge is 0.340 e. The minimum Gasteiger partial charge on any atom is -0.340 e. The maximum Gasteiger partial charge on any atom is 0.227 e. The van der Waals surface area contributed by atoms with Crippen LogP contribution in [0.4, 0.5) is 4.39 Å². The number of rotatable bonds is 3. The molecular formula is C11H20FN3O. The Kier molecular flexibility index (Phi) is 4.12. The third-order valence-electron chi connectivity index (χ3n) is 3.49. The zero-order chi connectivity index (χ0) is 11.4. The molecule has 1 N–H and O–H groups in total. The fourth-order valence-corrected chi connectivity index (χ4v) is 2.44. The van der Waals surface area contributed by atoms with Crippen LogP contribution < -0.4 is 5.32 Å². The van der Waals surface area contributed by atoms with Crippen molar-refractivity contribution >= 4 is 5.91 Å². The summed E-state index contributed by atoms with van der Waals surface area (Å²) < 4.78 is 12.1. The summed E-state index contributed by atoms with van der Waals surface area (Å²) in [4.78, 5) is 16.1. The minimum atomic E-state index is -0.291. The summed E-state index contributed by atoms with van der Waals surface area (Å²) in [7, 11) is 0. The molecule has 16 heavy (non-hydrogen) atoms. The van der Waals surface area contributed by atoms with Gasteiger partial charge in [0.05, 0.1) is 5.92 Å². The van der Waals surface area contributed by atoms with Gasteiger partial charge in [0.25, 0.3) is 0 Å². The molecule has 0 radical (unpaired) electrons. The topological polar surface area (TPSA) is 35.6 Å². The van der Waals surface area contributed by atoms with Crippen LogP contribution >= 0.6 is 0 Å². The van der Waals surface area contributed by atoms with E-state index in [1.807, 2.05) is 4.90 Å². The number of piperazine rings is 1. The van der Waals surface area contributed by atoms with Crippen molar-refractivity contribution in [3.63, 3.8) is 0 Å². The zero-order valence-electron chi connectivity index (χ0n) is 9.62. The van der Waals surface area contributed by atoms with Gasteiger partial charge < -0.3 is 10.2 Å².